The number of anilines is 1. The van der Waals surface area contributed by atoms with Crippen LogP contribution in [0, 0.1) is 0 Å². The Morgan fingerprint density at radius 1 is 1.37 bits per heavy atom. The van der Waals surface area contributed by atoms with Crippen molar-refractivity contribution in [1.29, 1.82) is 0 Å². The zero-order valence-electron chi connectivity index (χ0n) is 10.4. The fourth-order valence-electron chi connectivity index (χ4n) is 1.58. The maximum absolute atomic E-state index is 11.6. The first kappa shape index (κ1) is 12.8. The van der Waals surface area contributed by atoms with E-state index in [9.17, 15) is 9.59 Å². The molecule has 98 valence electrons. The molecule has 2 rings (SSSR count). The minimum absolute atomic E-state index is 0.162. The van der Waals surface area contributed by atoms with Crippen LogP contribution in [0.2, 0.25) is 0 Å². The van der Waals surface area contributed by atoms with Crippen LogP contribution in [0.5, 0.6) is 0 Å². The van der Waals surface area contributed by atoms with Crippen LogP contribution in [0.3, 0.4) is 0 Å². The largest absolute Gasteiger partial charge is 0.459 e. The van der Waals surface area contributed by atoms with Crippen LogP contribution < -0.4 is 5.32 Å². The van der Waals surface area contributed by atoms with Crippen LogP contribution in [-0.2, 0) is 14.3 Å². The highest BCUT2D eigenvalue weighted by molar-refractivity contribution is 6.37. The van der Waals surface area contributed by atoms with Crippen molar-refractivity contribution in [3.63, 3.8) is 0 Å². The third-order valence-corrected chi connectivity index (χ3v) is 2.40. The molecule has 1 N–H and O–H groups in total. The van der Waals surface area contributed by atoms with Gasteiger partial charge in [0, 0.05) is 12.4 Å². The quantitative estimate of drug-likeness (QED) is 0.667. The minimum Gasteiger partial charge on any atom is -0.459 e. The van der Waals surface area contributed by atoms with E-state index in [1.807, 2.05) is 12.1 Å². The summed E-state index contributed by atoms with van der Waals surface area (Å²) in [7, 11) is 0. The molecule has 1 aromatic carbocycles. The molecule has 0 unspecified atom stereocenters. The molecule has 0 aliphatic heterocycles. The second kappa shape index (κ2) is 5.81. The lowest BCUT2D eigenvalue weighted by atomic mass is 10.2. The van der Waals surface area contributed by atoms with E-state index in [1.54, 1.807) is 42.3 Å². The van der Waals surface area contributed by atoms with Crippen molar-refractivity contribution >= 4 is 17.6 Å². The summed E-state index contributed by atoms with van der Waals surface area (Å²) in [5.41, 5.74) is 1.23. The first-order valence-corrected chi connectivity index (χ1v) is 5.78. The van der Waals surface area contributed by atoms with Gasteiger partial charge in [-0.3, -0.25) is 4.79 Å². The number of esters is 1. The van der Waals surface area contributed by atoms with E-state index < -0.39 is 11.9 Å². The predicted molar refractivity (Wildman–Crippen MR) is 68.8 cm³/mol. The molecule has 0 aliphatic carbocycles. The van der Waals surface area contributed by atoms with Gasteiger partial charge >= 0.3 is 11.9 Å². The molecular weight excluding hydrogens is 246 g/mol. The van der Waals surface area contributed by atoms with Gasteiger partial charge in [-0.2, -0.15) is 0 Å². The van der Waals surface area contributed by atoms with Gasteiger partial charge in [-0.15, -0.1) is 0 Å². The molecule has 0 aliphatic rings. The standard InChI is InChI=1S/C13H13N3O3/c1-2-19-13(18)12(17)15-10-5-3-4-6-11(10)16-8-7-14-9-16/h3-9H,2H2,1H3,(H,15,17). The summed E-state index contributed by atoms with van der Waals surface area (Å²) in [4.78, 5) is 26.8. The molecule has 0 atom stereocenters. The van der Waals surface area contributed by atoms with Crippen molar-refractivity contribution < 1.29 is 14.3 Å². The number of benzene rings is 1. The number of hydrogen-bond donors (Lipinski definition) is 1. The molecule has 0 bridgehead atoms. The molecule has 6 heteroatoms. The lowest BCUT2D eigenvalue weighted by Gasteiger charge is -2.10. The molecule has 0 spiro atoms. The fraction of sp³-hybridized carbons (Fsp3) is 0.154. The van der Waals surface area contributed by atoms with Crippen molar-refractivity contribution in [3.05, 3.63) is 43.0 Å². The van der Waals surface area contributed by atoms with Gasteiger partial charge in [-0.25, -0.2) is 9.78 Å². The van der Waals surface area contributed by atoms with Gasteiger partial charge in [-0.1, -0.05) is 12.1 Å². The number of nitrogens with zero attached hydrogens (tertiary/aromatic N) is 2. The van der Waals surface area contributed by atoms with Crippen LogP contribution in [0.4, 0.5) is 5.69 Å². The second-order valence-electron chi connectivity index (χ2n) is 3.66. The smallest absolute Gasteiger partial charge is 0.397 e. The van der Waals surface area contributed by atoms with Crippen LogP contribution in [-0.4, -0.2) is 28.0 Å². The lowest BCUT2D eigenvalue weighted by Crippen LogP contribution is -2.25. The van der Waals surface area contributed by atoms with E-state index in [0.717, 1.165) is 5.69 Å². The summed E-state index contributed by atoms with van der Waals surface area (Å²) < 4.78 is 6.37. The Labute approximate surface area is 110 Å². The molecule has 0 fully saturated rings. The second-order valence-corrected chi connectivity index (χ2v) is 3.66. The number of rotatable bonds is 3. The van der Waals surface area contributed by atoms with E-state index in [2.05, 4.69) is 15.0 Å². The normalized spacial score (nSPS) is 9.95. The summed E-state index contributed by atoms with van der Waals surface area (Å²) in [5, 5.41) is 2.52. The van der Waals surface area contributed by atoms with E-state index in [-0.39, 0.29) is 6.61 Å². The molecule has 6 nitrogen and oxygen atoms in total. The summed E-state index contributed by atoms with van der Waals surface area (Å²) >= 11 is 0. The molecule has 0 saturated carbocycles. The molecule has 19 heavy (non-hydrogen) atoms. The maximum Gasteiger partial charge on any atom is 0.397 e. The van der Waals surface area contributed by atoms with Crippen molar-refractivity contribution in [2.45, 2.75) is 6.92 Å². The van der Waals surface area contributed by atoms with Crippen LogP contribution in [0.15, 0.2) is 43.0 Å². The van der Waals surface area contributed by atoms with Crippen LogP contribution in [0.25, 0.3) is 5.69 Å². The Balaban J connectivity index is 2.22. The zero-order valence-corrected chi connectivity index (χ0v) is 10.4. The van der Waals surface area contributed by atoms with Gasteiger partial charge in [0.15, 0.2) is 0 Å². The van der Waals surface area contributed by atoms with Crippen molar-refractivity contribution in [2.75, 3.05) is 11.9 Å². The van der Waals surface area contributed by atoms with Gasteiger partial charge in [0.2, 0.25) is 0 Å². The zero-order chi connectivity index (χ0) is 13.7. The average Bonchev–Trinajstić information content (AvgIpc) is 2.93. The molecule has 1 heterocycles. The summed E-state index contributed by atoms with van der Waals surface area (Å²) in [5.74, 6) is -1.70. The minimum atomic E-state index is -0.900. The van der Waals surface area contributed by atoms with Crippen molar-refractivity contribution in [3.8, 4) is 5.69 Å². The summed E-state index contributed by atoms with van der Waals surface area (Å²) in [6.45, 7) is 1.81. The molecule has 0 radical (unpaired) electrons. The third-order valence-electron chi connectivity index (χ3n) is 2.40. The average molecular weight is 259 g/mol. The van der Waals surface area contributed by atoms with Gasteiger partial charge in [-0.05, 0) is 19.1 Å². The van der Waals surface area contributed by atoms with Gasteiger partial charge in [0.05, 0.1) is 24.3 Å². The molecule has 2 aromatic rings. The Morgan fingerprint density at radius 2 is 2.16 bits per heavy atom. The number of aromatic nitrogens is 2. The highest BCUT2D eigenvalue weighted by Crippen LogP contribution is 2.19. The summed E-state index contributed by atoms with van der Waals surface area (Å²) in [6, 6.07) is 7.10. The third kappa shape index (κ3) is 2.98. The number of para-hydroxylation sites is 2. The Kier molecular flexibility index (Phi) is 3.92. The van der Waals surface area contributed by atoms with Gasteiger partial charge in [0.1, 0.15) is 0 Å². The summed E-state index contributed by atoms with van der Waals surface area (Å²) in [6.07, 6.45) is 4.98. The molecule has 1 amide bonds. The molecule has 0 saturated heterocycles. The lowest BCUT2D eigenvalue weighted by molar-refractivity contribution is -0.152. The molecular formula is C13H13N3O3. The Bertz CT molecular complexity index is 579. The fourth-order valence-corrected chi connectivity index (χ4v) is 1.58. The van der Waals surface area contributed by atoms with Crippen molar-refractivity contribution in [2.24, 2.45) is 0 Å². The molecule has 1 aromatic heterocycles. The SMILES string of the molecule is CCOC(=O)C(=O)Nc1ccccc1-n1ccnc1. The highest BCUT2D eigenvalue weighted by atomic mass is 16.5. The van der Waals surface area contributed by atoms with E-state index in [0.29, 0.717) is 5.69 Å². The number of nitrogens with one attached hydrogen (secondary N) is 1. The number of ether oxygens (including phenoxy) is 1. The Morgan fingerprint density at radius 3 is 2.84 bits per heavy atom. The van der Waals surface area contributed by atoms with Crippen LogP contribution >= 0.6 is 0 Å². The van der Waals surface area contributed by atoms with Crippen LogP contribution in [0.1, 0.15) is 6.92 Å². The van der Waals surface area contributed by atoms with E-state index >= 15 is 0 Å². The van der Waals surface area contributed by atoms with Gasteiger partial charge in [0.25, 0.3) is 0 Å². The van der Waals surface area contributed by atoms with E-state index in [4.69, 9.17) is 0 Å². The number of imidazole rings is 1. The number of carbonyl (C=O) groups excluding carboxylic acids is 2. The number of hydrogen-bond acceptors (Lipinski definition) is 4. The van der Waals surface area contributed by atoms with Gasteiger partial charge < -0.3 is 14.6 Å². The first-order valence-electron chi connectivity index (χ1n) is 5.78. The van der Waals surface area contributed by atoms with Crippen molar-refractivity contribution in [1.82, 2.24) is 9.55 Å². The Hall–Kier alpha value is -2.63. The number of carbonyl (C=O) groups is 2. The first-order chi connectivity index (χ1) is 9.22. The topological polar surface area (TPSA) is 73.2 Å². The van der Waals surface area contributed by atoms with E-state index in [1.165, 1.54) is 0 Å². The highest BCUT2D eigenvalue weighted by Gasteiger charge is 2.16. The number of amides is 1. The predicted octanol–water partition coefficient (Wildman–Crippen LogP) is 1.37. The maximum atomic E-state index is 11.6. The monoisotopic (exact) mass is 259 g/mol.